The molecule has 2 N–H and O–H groups in total. The number of anilines is 1. The van der Waals surface area contributed by atoms with Crippen LogP contribution in [0.25, 0.3) is 0 Å². The number of hydrogen-bond donors (Lipinski definition) is 1. The number of rotatable bonds is 5. The van der Waals surface area contributed by atoms with Crippen LogP contribution in [0, 0.1) is 5.92 Å². The molecule has 0 spiro atoms. The normalized spacial score (nSPS) is 12.9. The molecule has 0 radical (unpaired) electrons. The fourth-order valence-electron chi connectivity index (χ4n) is 1.71. The Morgan fingerprint density at radius 3 is 2.38 bits per heavy atom. The van der Waals surface area contributed by atoms with Crippen molar-refractivity contribution in [2.75, 3.05) is 18.0 Å². The molecule has 1 aromatic rings. The first-order chi connectivity index (χ1) is 7.54. The van der Waals surface area contributed by atoms with Crippen molar-refractivity contribution in [3.8, 4) is 0 Å². The molecule has 3 nitrogen and oxygen atoms in total. The predicted molar refractivity (Wildman–Crippen MR) is 69.6 cm³/mol. The fourth-order valence-corrected chi connectivity index (χ4v) is 1.71. The molecule has 1 atom stereocenters. The molecule has 0 unspecified atom stereocenters. The van der Waals surface area contributed by atoms with Crippen LogP contribution in [-0.4, -0.2) is 18.1 Å². The highest BCUT2D eigenvalue weighted by molar-refractivity contribution is 5.44. The Hall–Kier alpha value is -1.09. The Balaban J connectivity index is 2.78. The molecule has 1 heterocycles. The summed E-state index contributed by atoms with van der Waals surface area (Å²) in [5, 5.41) is 0. The summed E-state index contributed by atoms with van der Waals surface area (Å²) in [6, 6.07) is 4.13. The zero-order chi connectivity index (χ0) is 12.1. The Morgan fingerprint density at radius 1 is 1.31 bits per heavy atom. The molecule has 0 aliphatic carbocycles. The zero-order valence-electron chi connectivity index (χ0n) is 10.8. The van der Waals surface area contributed by atoms with Crippen molar-refractivity contribution in [2.45, 2.75) is 33.7 Å². The molecule has 0 aliphatic rings. The van der Waals surface area contributed by atoms with Crippen molar-refractivity contribution in [1.29, 1.82) is 0 Å². The quantitative estimate of drug-likeness (QED) is 0.831. The minimum atomic E-state index is 0.00854. The maximum atomic E-state index is 5.78. The van der Waals surface area contributed by atoms with Crippen LogP contribution in [0.3, 0.4) is 0 Å². The molecule has 0 fully saturated rings. The van der Waals surface area contributed by atoms with Gasteiger partial charge in [-0.15, -0.1) is 0 Å². The largest absolute Gasteiger partial charge is 0.370 e. The van der Waals surface area contributed by atoms with Crippen LogP contribution in [0.15, 0.2) is 18.3 Å². The van der Waals surface area contributed by atoms with E-state index in [2.05, 4.69) is 36.7 Å². The van der Waals surface area contributed by atoms with Crippen LogP contribution in [-0.2, 0) is 0 Å². The average molecular weight is 221 g/mol. The molecule has 0 aromatic carbocycles. The summed E-state index contributed by atoms with van der Waals surface area (Å²) in [4.78, 5) is 6.72. The van der Waals surface area contributed by atoms with Gasteiger partial charge in [-0.1, -0.05) is 13.8 Å². The van der Waals surface area contributed by atoms with Crippen LogP contribution in [0.5, 0.6) is 0 Å². The van der Waals surface area contributed by atoms with Crippen molar-refractivity contribution in [3.05, 3.63) is 24.0 Å². The van der Waals surface area contributed by atoms with Gasteiger partial charge in [-0.3, -0.25) is 4.98 Å². The first-order valence-electron chi connectivity index (χ1n) is 6.01. The Kier molecular flexibility index (Phi) is 4.74. The SMILES string of the molecule is CCN(CC(C)C)c1ccc([C@H](C)N)nc1. The monoisotopic (exact) mass is 221 g/mol. The Bertz CT molecular complexity index is 303. The molecular formula is C13H23N3. The minimum absolute atomic E-state index is 0.00854. The van der Waals surface area contributed by atoms with E-state index in [9.17, 15) is 0 Å². The molecule has 1 aromatic heterocycles. The van der Waals surface area contributed by atoms with Gasteiger partial charge in [0.15, 0.2) is 0 Å². The fraction of sp³-hybridized carbons (Fsp3) is 0.615. The van der Waals surface area contributed by atoms with Crippen molar-refractivity contribution in [1.82, 2.24) is 4.98 Å². The molecule has 0 saturated heterocycles. The number of pyridine rings is 1. The smallest absolute Gasteiger partial charge is 0.0569 e. The molecule has 0 aliphatic heterocycles. The second-order valence-corrected chi connectivity index (χ2v) is 4.66. The van der Waals surface area contributed by atoms with Crippen LogP contribution < -0.4 is 10.6 Å². The van der Waals surface area contributed by atoms with Gasteiger partial charge < -0.3 is 10.6 Å². The zero-order valence-corrected chi connectivity index (χ0v) is 10.8. The molecular weight excluding hydrogens is 198 g/mol. The van der Waals surface area contributed by atoms with E-state index >= 15 is 0 Å². The summed E-state index contributed by atoms with van der Waals surface area (Å²) in [5.74, 6) is 0.660. The average Bonchev–Trinajstić information content (AvgIpc) is 2.25. The van der Waals surface area contributed by atoms with Gasteiger partial charge in [-0.2, -0.15) is 0 Å². The number of hydrogen-bond acceptors (Lipinski definition) is 3. The van der Waals surface area contributed by atoms with Gasteiger partial charge >= 0.3 is 0 Å². The lowest BCUT2D eigenvalue weighted by Crippen LogP contribution is -2.27. The van der Waals surface area contributed by atoms with E-state index in [1.807, 2.05) is 19.2 Å². The standard InChI is InChI=1S/C13H23N3/c1-5-16(9-10(2)3)12-6-7-13(11(4)14)15-8-12/h6-8,10-11H,5,9,14H2,1-4H3/t11-/m0/s1. The highest BCUT2D eigenvalue weighted by Crippen LogP contribution is 2.16. The summed E-state index contributed by atoms with van der Waals surface area (Å²) < 4.78 is 0. The second-order valence-electron chi connectivity index (χ2n) is 4.66. The topological polar surface area (TPSA) is 42.1 Å². The molecule has 90 valence electrons. The van der Waals surface area contributed by atoms with Gasteiger partial charge in [0.05, 0.1) is 17.6 Å². The van der Waals surface area contributed by atoms with Gasteiger partial charge in [0.25, 0.3) is 0 Å². The third-order valence-corrected chi connectivity index (χ3v) is 2.57. The van der Waals surface area contributed by atoms with E-state index in [-0.39, 0.29) is 6.04 Å². The highest BCUT2D eigenvalue weighted by atomic mass is 15.1. The van der Waals surface area contributed by atoms with Crippen molar-refractivity contribution >= 4 is 5.69 Å². The molecule has 0 amide bonds. The number of nitrogens with zero attached hydrogens (tertiary/aromatic N) is 2. The third kappa shape index (κ3) is 3.49. The molecule has 16 heavy (non-hydrogen) atoms. The molecule has 0 bridgehead atoms. The molecule has 0 saturated carbocycles. The summed E-state index contributed by atoms with van der Waals surface area (Å²) in [6.07, 6.45) is 1.92. The Morgan fingerprint density at radius 2 is 2.00 bits per heavy atom. The first kappa shape index (κ1) is 13.0. The van der Waals surface area contributed by atoms with Crippen molar-refractivity contribution in [3.63, 3.8) is 0 Å². The van der Waals surface area contributed by atoms with Crippen molar-refractivity contribution < 1.29 is 0 Å². The summed E-state index contributed by atoms with van der Waals surface area (Å²) in [6.45, 7) is 10.7. The minimum Gasteiger partial charge on any atom is -0.370 e. The second kappa shape index (κ2) is 5.85. The summed E-state index contributed by atoms with van der Waals surface area (Å²) in [5.41, 5.74) is 7.91. The van der Waals surface area contributed by atoms with Gasteiger partial charge in [0.2, 0.25) is 0 Å². The predicted octanol–water partition coefficient (Wildman–Crippen LogP) is 2.58. The lowest BCUT2D eigenvalue weighted by molar-refractivity contribution is 0.618. The van der Waals surface area contributed by atoms with E-state index in [1.54, 1.807) is 0 Å². The lowest BCUT2D eigenvalue weighted by Gasteiger charge is -2.25. The number of nitrogens with two attached hydrogens (primary N) is 1. The van der Waals surface area contributed by atoms with Gasteiger partial charge in [-0.25, -0.2) is 0 Å². The third-order valence-electron chi connectivity index (χ3n) is 2.57. The number of aromatic nitrogens is 1. The van der Waals surface area contributed by atoms with Crippen molar-refractivity contribution in [2.24, 2.45) is 11.7 Å². The summed E-state index contributed by atoms with van der Waals surface area (Å²) >= 11 is 0. The summed E-state index contributed by atoms with van der Waals surface area (Å²) in [7, 11) is 0. The molecule has 3 heteroatoms. The van der Waals surface area contributed by atoms with Crippen LogP contribution in [0.2, 0.25) is 0 Å². The van der Waals surface area contributed by atoms with Crippen LogP contribution in [0.4, 0.5) is 5.69 Å². The lowest BCUT2D eigenvalue weighted by atomic mass is 10.2. The van der Waals surface area contributed by atoms with Gasteiger partial charge in [0, 0.05) is 19.1 Å². The highest BCUT2D eigenvalue weighted by Gasteiger charge is 2.07. The van der Waals surface area contributed by atoms with E-state index in [0.717, 1.165) is 18.8 Å². The first-order valence-corrected chi connectivity index (χ1v) is 6.01. The van der Waals surface area contributed by atoms with Crippen LogP contribution in [0.1, 0.15) is 39.4 Å². The van der Waals surface area contributed by atoms with Gasteiger partial charge in [-0.05, 0) is 31.9 Å². The van der Waals surface area contributed by atoms with Gasteiger partial charge in [0.1, 0.15) is 0 Å². The van der Waals surface area contributed by atoms with E-state index in [4.69, 9.17) is 5.73 Å². The maximum absolute atomic E-state index is 5.78. The maximum Gasteiger partial charge on any atom is 0.0569 e. The van der Waals surface area contributed by atoms with E-state index in [1.165, 1.54) is 5.69 Å². The Labute approximate surface area is 98.7 Å². The van der Waals surface area contributed by atoms with Crippen LogP contribution >= 0.6 is 0 Å². The molecule has 1 rings (SSSR count). The van der Waals surface area contributed by atoms with E-state index in [0.29, 0.717) is 5.92 Å². The van der Waals surface area contributed by atoms with E-state index < -0.39 is 0 Å².